The number of hydrogen-bond acceptors (Lipinski definition) is 5. The average molecular weight is 443 g/mol. The first-order valence-corrected chi connectivity index (χ1v) is 11.9. The first kappa shape index (κ1) is 21.7. The highest BCUT2D eigenvalue weighted by Gasteiger charge is 2.33. The monoisotopic (exact) mass is 442 g/mol. The van der Waals surface area contributed by atoms with Crippen LogP contribution in [0, 0.1) is 23.2 Å². The Morgan fingerprint density at radius 2 is 2.06 bits per heavy atom. The molecule has 1 N–H and O–H groups in total. The SMILES string of the molecule is CO[C@H]1CC[C@H](C(=O)N2Cc3cccnc3Nc3ccc(C4=CCC(C#N)CC4)cc32)CC1. The minimum atomic E-state index is 0.0106. The lowest BCUT2D eigenvalue weighted by Crippen LogP contribution is -2.38. The zero-order valence-electron chi connectivity index (χ0n) is 19.1. The second-order valence-corrected chi connectivity index (χ2v) is 9.33. The van der Waals surface area contributed by atoms with Crippen LogP contribution in [0.1, 0.15) is 56.1 Å². The molecular formula is C27H30N4O2. The van der Waals surface area contributed by atoms with Crippen LogP contribution in [0.3, 0.4) is 0 Å². The van der Waals surface area contributed by atoms with Gasteiger partial charge in [0.1, 0.15) is 5.82 Å². The Hall–Kier alpha value is -3.17. The van der Waals surface area contributed by atoms with Crippen LogP contribution in [0.4, 0.5) is 17.2 Å². The van der Waals surface area contributed by atoms with Crippen LogP contribution in [0.15, 0.2) is 42.6 Å². The van der Waals surface area contributed by atoms with Gasteiger partial charge in [-0.05, 0) is 74.3 Å². The van der Waals surface area contributed by atoms with Gasteiger partial charge in [-0.15, -0.1) is 0 Å². The summed E-state index contributed by atoms with van der Waals surface area (Å²) in [6.45, 7) is 0.505. The predicted octanol–water partition coefficient (Wildman–Crippen LogP) is 5.58. The van der Waals surface area contributed by atoms with Crippen LogP contribution in [-0.4, -0.2) is 24.1 Å². The normalized spacial score (nSPS) is 24.4. The number of carbonyl (C=O) groups excluding carboxylic acids is 1. The molecule has 0 spiro atoms. The summed E-state index contributed by atoms with van der Waals surface area (Å²) in [6, 6.07) is 12.7. The molecule has 2 aromatic rings. The Morgan fingerprint density at radius 1 is 1.21 bits per heavy atom. The highest BCUT2D eigenvalue weighted by atomic mass is 16.5. The molecule has 1 aliphatic heterocycles. The van der Waals surface area contributed by atoms with Crippen LogP contribution in [0.5, 0.6) is 0 Å². The van der Waals surface area contributed by atoms with Gasteiger partial charge in [0.15, 0.2) is 0 Å². The van der Waals surface area contributed by atoms with E-state index in [1.807, 2.05) is 17.0 Å². The second kappa shape index (κ2) is 9.36. The minimum Gasteiger partial charge on any atom is -0.381 e. The van der Waals surface area contributed by atoms with Crippen molar-refractivity contribution in [1.29, 1.82) is 5.26 Å². The van der Waals surface area contributed by atoms with E-state index in [0.29, 0.717) is 6.54 Å². The zero-order chi connectivity index (χ0) is 22.8. The van der Waals surface area contributed by atoms with Crippen molar-refractivity contribution in [3.05, 3.63) is 53.7 Å². The number of rotatable bonds is 3. The van der Waals surface area contributed by atoms with Gasteiger partial charge >= 0.3 is 0 Å². The molecule has 6 heteroatoms. The summed E-state index contributed by atoms with van der Waals surface area (Å²) >= 11 is 0. The summed E-state index contributed by atoms with van der Waals surface area (Å²) in [5.41, 5.74) is 5.22. The number of fused-ring (bicyclic) bond motifs is 2. The van der Waals surface area contributed by atoms with Crippen LogP contribution in [0.2, 0.25) is 0 Å². The van der Waals surface area contributed by atoms with Crippen molar-refractivity contribution >= 4 is 28.7 Å². The molecule has 1 aromatic heterocycles. The maximum atomic E-state index is 13.8. The van der Waals surface area contributed by atoms with Crippen molar-refractivity contribution < 1.29 is 9.53 Å². The average Bonchev–Trinajstić information content (AvgIpc) is 3.04. The quantitative estimate of drug-likeness (QED) is 0.671. The maximum Gasteiger partial charge on any atom is 0.230 e. The largest absolute Gasteiger partial charge is 0.381 e. The number of anilines is 3. The van der Waals surface area contributed by atoms with Crippen molar-refractivity contribution in [2.45, 2.75) is 57.6 Å². The lowest BCUT2D eigenvalue weighted by Gasteiger charge is -2.32. The van der Waals surface area contributed by atoms with Gasteiger partial charge in [0.25, 0.3) is 0 Å². The third kappa shape index (κ3) is 4.38. The molecule has 33 heavy (non-hydrogen) atoms. The number of carbonyl (C=O) groups is 1. The predicted molar refractivity (Wildman–Crippen MR) is 129 cm³/mol. The number of benzene rings is 1. The van der Waals surface area contributed by atoms with Crippen molar-refractivity contribution in [2.24, 2.45) is 11.8 Å². The molecular weight excluding hydrogens is 412 g/mol. The standard InChI is InChI=1S/C27H30N4O2/c1-33-23-11-8-20(9-12-23)27(32)31-17-22-3-2-14-29-26(22)30-24-13-10-21(15-25(24)31)19-6-4-18(16-28)5-7-19/h2-3,6,10,13-15,18,20,23H,4-5,7-9,11-12,17H2,1H3,(H,29,30)/t18?,20-,23-. The van der Waals surface area contributed by atoms with E-state index in [2.05, 4.69) is 40.6 Å². The molecule has 2 heterocycles. The molecule has 3 aliphatic rings. The fourth-order valence-electron chi connectivity index (χ4n) is 5.30. The van der Waals surface area contributed by atoms with Gasteiger partial charge in [-0.25, -0.2) is 4.98 Å². The highest BCUT2D eigenvalue weighted by Crippen LogP contribution is 2.40. The number of nitrogens with zero attached hydrogens (tertiary/aromatic N) is 3. The second-order valence-electron chi connectivity index (χ2n) is 9.33. The van der Waals surface area contributed by atoms with Gasteiger partial charge in [-0.2, -0.15) is 5.26 Å². The van der Waals surface area contributed by atoms with E-state index in [1.54, 1.807) is 13.3 Å². The highest BCUT2D eigenvalue weighted by molar-refractivity contribution is 6.00. The Kier molecular flexibility index (Phi) is 6.15. The number of hydrogen-bond donors (Lipinski definition) is 1. The summed E-state index contributed by atoms with van der Waals surface area (Å²) in [6.07, 6.45) is 10.4. The molecule has 6 nitrogen and oxygen atoms in total. The van der Waals surface area contributed by atoms with Crippen molar-refractivity contribution in [2.75, 3.05) is 17.3 Å². The molecule has 1 saturated carbocycles. The first-order chi connectivity index (χ1) is 16.2. The first-order valence-electron chi connectivity index (χ1n) is 11.9. The molecule has 170 valence electrons. The van der Waals surface area contributed by atoms with Gasteiger partial charge in [-0.1, -0.05) is 18.2 Å². The molecule has 1 fully saturated rings. The lowest BCUT2D eigenvalue weighted by atomic mass is 9.85. The summed E-state index contributed by atoms with van der Waals surface area (Å²) in [5, 5.41) is 12.7. The molecule has 2 aliphatic carbocycles. The number of nitrogens with one attached hydrogen (secondary N) is 1. The maximum absolute atomic E-state index is 13.8. The van der Waals surface area contributed by atoms with Gasteiger partial charge in [0.2, 0.25) is 5.91 Å². The number of nitriles is 1. The smallest absolute Gasteiger partial charge is 0.230 e. The third-order valence-corrected chi connectivity index (χ3v) is 7.35. The van der Waals surface area contributed by atoms with E-state index < -0.39 is 0 Å². The van der Waals surface area contributed by atoms with E-state index in [4.69, 9.17) is 4.74 Å². The van der Waals surface area contributed by atoms with Gasteiger partial charge in [-0.3, -0.25) is 4.79 Å². The van der Waals surface area contributed by atoms with E-state index in [1.165, 1.54) is 5.57 Å². The lowest BCUT2D eigenvalue weighted by molar-refractivity contribution is -0.124. The Balaban J connectivity index is 1.50. The number of ether oxygens (including phenoxy) is 1. The van der Waals surface area contributed by atoms with E-state index in [9.17, 15) is 10.1 Å². The number of allylic oxidation sites excluding steroid dienone is 2. The minimum absolute atomic E-state index is 0.0106. The molecule has 1 atom stereocenters. The summed E-state index contributed by atoms with van der Waals surface area (Å²) in [7, 11) is 1.76. The van der Waals surface area contributed by atoms with Gasteiger partial charge in [0, 0.05) is 24.8 Å². The summed E-state index contributed by atoms with van der Waals surface area (Å²) in [5.74, 6) is 1.11. The van der Waals surface area contributed by atoms with E-state index >= 15 is 0 Å². The van der Waals surface area contributed by atoms with Crippen molar-refractivity contribution in [3.8, 4) is 6.07 Å². The Bertz CT molecular complexity index is 1110. The van der Waals surface area contributed by atoms with Gasteiger partial charge in [0.05, 0.1) is 36.0 Å². The fraction of sp³-hybridized carbons (Fsp3) is 0.444. The van der Waals surface area contributed by atoms with Gasteiger partial charge < -0.3 is 15.0 Å². The van der Waals surface area contributed by atoms with Crippen LogP contribution in [-0.2, 0) is 16.1 Å². The van der Waals surface area contributed by atoms with E-state index in [0.717, 1.165) is 73.3 Å². The van der Waals surface area contributed by atoms with Crippen molar-refractivity contribution in [3.63, 3.8) is 0 Å². The van der Waals surface area contributed by atoms with Crippen LogP contribution in [0.25, 0.3) is 5.57 Å². The summed E-state index contributed by atoms with van der Waals surface area (Å²) in [4.78, 5) is 20.3. The van der Waals surface area contributed by atoms with Crippen LogP contribution < -0.4 is 10.2 Å². The number of methoxy groups -OCH3 is 1. The third-order valence-electron chi connectivity index (χ3n) is 7.35. The van der Waals surface area contributed by atoms with Crippen LogP contribution >= 0.6 is 0 Å². The molecule has 1 amide bonds. The molecule has 0 bridgehead atoms. The molecule has 1 aromatic carbocycles. The molecule has 0 saturated heterocycles. The number of amides is 1. The molecule has 1 unspecified atom stereocenters. The summed E-state index contributed by atoms with van der Waals surface area (Å²) < 4.78 is 5.52. The molecule has 0 radical (unpaired) electrons. The van der Waals surface area contributed by atoms with E-state index in [-0.39, 0.29) is 23.8 Å². The number of pyridine rings is 1. The zero-order valence-corrected chi connectivity index (χ0v) is 19.1. The fourth-order valence-corrected chi connectivity index (χ4v) is 5.30. The topological polar surface area (TPSA) is 78.2 Å². The Labute approximate surface area is 195 Å². The Morgan fingerprint density at radius 3 is 2.79 bits per heavy atom. The number of aromatic nitrogens is 1. The molecule has 5 rings (SSSR count). The van der Waals surface area contributed by atoms with Crippen molar-refractivity contribution in [1.82, 2.24) is 4.98 Å².